The van der Waals surface area contributed by atoms with Crippen molar-refractivity contribution in [2.45, 2.75) is 26.4 Å². The molecule has 0 aliphatic carbocycles. The molecule has 1 atom stereocenters. The normalized spacial score (nSPS) is 14.2. The maximum Gasteiger partial charge on any atom is 0.149 e. The Balaban J connectivity index is 2.66. The highest BCUT2D eigenvalue weighted by Gasteiger charge is 2.31. The van der Waals surface area contributed by atoms with Gasteiger partial charge in [0.2, 0.25) is 0 Å². The van der Waals surface area contributed by atoms with Crippen molar-refractivity contribution in [3.05, 3.63) is 67.9 Å². The minimum atomic E-state index is -1.44. The molecule has 1 unspecified atom stereocenters. The summed E-state index contributed by atoms with van der Waals surface area (Å²) in [6, 6.07) is 8.93. The van der Waals surface area contributed by atoms with Gasteiger partial charge in [-0.3, -0.25) is 0 Å². The predicted molar refractivity (Wildman–Crippen MR) is 83.7 cm³/mol. The van der Waals surface area contributed by atoms with Crippen molar-refractivity contribution in [2.75, 3.05) is 0 Å². The Bertz CT molecular complexity index is 668. The van der Waals surface area contributed by atoms with E-state index in [-0.39, 0.29) is 10.6 Å². The summed E-state index contributed by atoms with van der Waals surface area (Å²) in [6.45, 7) is 5.41. The van der Waals surface area contributed by atoms with E-state index in [1.165, 1.54) is 0 Å². The molecule has 2 aromatic rings. The molecule has 20 heavy (non-hydrogen) atoms. The average molecular weight is 358 g/mol. The maximum atomic E-state index is 14.4. The van der Waals surface area contributed by atoms with Gasteiger partial charge in [0, 0.05) is 10.0 Å². The van der Waals surface area contributed by atoms with Gasteiger partial charge in [0.15, 0.2) is 0 Å². The lowest BCUT2D eigenvalue weighted by Gasteiger charge is -2.27. The van der Waals surface area contributed by atoms with E-state index in [1.54, 1.807) is 19.1 Å². The van der Waals surface area contributed by atoms with Gasteiger partial charge in [-0.2, -0.15) is 0 Å². The summed E-state index contributed by atoms with van der Waals surface area (Å²) in [4.78, 5) is 0. The van der Waals surface area contributed by atoms with E-state index in [0.717, 1.165) is 11.1 Å². The third-order valence-electron chi connectivity index (χ3n) is 3.48. The van der Waals surface area contributed by atoms with Crippen molar-refractivity contribution >= 4 is 27.5 Å². The minimum Gasteiger partial charge on any atom is -0.381 e. The molecule has 4 heteroatoms. The summed E-state index contributed by atoms with van der Waals surface area (Å²) in [5.74, 6) is -0.605. The summed E-state index contributed by atoms with van der Waals surface area (Å²) in [7, 11) is 0. The lowest BCUT2D eigenvalue weighted by molar-refractivity contribution is 0.0972. The second-order valence-corrected chi connectivity index (χ2v) is 6.35. The smallest absolute Gasteiger partial charge is 0.149 e. The first kappa shape index (κ1) is 15.5. The fourth-order valence-electron chi connectivity index (χ4n) is 2.31. The van der Waals surface area contributed by atoms with Crippen molar-refractivity contribution in [2.24, 2.45) is 0 Å². The Morgan fingerprint density at radius 1 is 1.15 bits per heavy atom. The fourth-order valence-corrected chi connectivity index (χ4v) is 2.78. The molecule has 0 radical (unpaired) electrons. The van der Waals surface area contributed by atoms with Crippen molar-refractivity contribution in [1.82, 2.24) is 0 Å². The molecule has 0 aromatic heterocycles. The Hall–Kier alpha value is -0.900. The van der Waals surface area contributed by atoms with E-state index >= 15 is 0 Å². The molecular weight excluding hydrogens is 343 g/mol. The fraction of sp³-hybridized carbons (Fsp3) is 0.250. The molecule has 106 valence electrons. The third kappa shape index (κ3) is 2.62. The monoisotopic (exact) mass is 356 g/mol. The van der Waals surface area contributed by atoms with Gasteiger partial charge in [0.05, 0.1) is 5.02 Å². The van der Waals surface area contributed by atoms with Gasteiger partial charge < -0.3 is 5.11 Å². The second-order valence-electron chi connectivity index (χ2n) is 5.11. The molecular formula is C16H15BrClFO. The van der Waals surface area contributed by atoms with Crippen LogP contribution in [0.5, 0.6) is 0 Å². The molecule has 1 N–H and O–H groups in total. The van der Waals surface area contributed by atoms with Crippen LogP contribution in [0.4, 0.5) is 4.39 Å². The van der Waals surface area contributed by atoms with E-state index in [4.69, 9.17) is 11.6 Å². The molecule has 0 fully saturated rings. The van der Waals surface area contributed by atoms with Gasteiger partial charge >= 0.3 is 0 Å². The molecule has 0 saturated heterocycles. The summed E-state index contributed by atoms with van der Waals surface area (Å²) < 4.78 is 14.8. The van der Waals surface area contributed by atoms with Crippen LogP contribution in [0.3, 0.4) is 0 Å². The molecule has 0 heterocycles. The molecule has 0 saturated carbocycles. The largest absolute Gasteiger partial charge is 0.381 e. The van der Waals surface area contributed by atoms with Crippen LogP contribution in [0, 0.1) is 19.7 Å². The van der Waals surface area contributed by atoms with E-state index in [9.17, 15) is 9.50 Å². The van der Waals surface area contributed by atoms with Gasteiger partial charge in [-0.1, -0.05) is 41.4 Å². The topological polar surface area (TPSA) is 20.2 Å². The zero-order valence-electron chi connectivity index (χ0n) is 11.5. The molecule has 1 nitrogen and oxygen atoms in total. The van der Waals surface area contributed by atoms with Gasteiger partial charge in [-0.15, -0.1) is 0 Å². The van der Waals surface area contributed by atoms with Crippen LogP contribution in [0.1, 0.15) is 29.2 Å². The van der Waals surface area contributed by atoms with Crippen LogP contribution < -0.4 is 0 Å². The van der Waals surface area contributed by atoms with Gasteiger partial charge in [-0.25, -0.2) is 4.39 Å². The Labute approximate surface area is 131 Å². The number of benzene rings is 2. The van der Waals surface area contributed by atoms with Crippen molar-refractivity contribution in [1.29, 1.82) is 0 Å². The minimum absolute atomic E-state index is 0.0203. The highest BCUT2D eigenvalue weighted by molar-refractivity contribution is 9.10. The number of hydrogen-bond donors (Lipinski definition) is 1. The number of halogens is 3. The molecule has 2 rings (SSSR count). The predicted octanol–water partition coefficient (Wildman–Crippen LogP) is 5.11. The zero-order chi connectivity index (χ0) is 15.1. The van der Waals surface area contributed by atoms with E-state index < -0.39 is 11.4 Å². The van der Waals surface area contributed by atoms with Crippen LogP contribution >= 0.6 is 27.5 Å². The molecule has 0 aliphatic heterocycles. The molecule has 0 amide bonds. The number of aryl methyl sites for hydroxylation is 2. The summed E-state index contributed by atoms with van der Waals surface area (Å²) in [5.41, 5.74) is 1.31. The second kappa shape index (κ2) is 5.47. The molecule has 0 aliphatic rings. The highest BCUT2D eigenvalue weighted by Crippen LogP contribution is 2.37. The van der Waals surface area contributed by atoms with Gasteiger partial charge in [0.1, 0.15) is 11.4 Å². The van der Waals surface area contributed by atoms with Gasteiger partial charge in [0.25, 0.3) is 0 Å². The first-order valence-electron chi connectivity index (χ1n) is 6.19. The lowest BCUT2D eigenvalue weighted by atomic mass is 9.84. The average Bonchev–Trinajstić information content (AvgIpc) is 2.38. The molecule has 0 bridgehead atoms. The van der Waals surface area contributed by atoms with Crippen molar-refractivity contribution in [3.8, 4) is 0 Å². The summed E-state index contributed by atoms with van der Waals surface area (Å²) in [6.07, 6.45) is 0. The van der Waals surface area contributed by atoms with Crippen molar-refractivity contribution in [3.63, 3.8) is 0 Å². The molecule has 2 aromatic carbocycles. The first-order valence-corrected chi connectivity index (χ1v) is 7.36. The standard InChI is InChI=1S/C16H15BrClFO/c1-9-4-5-10(2)12(8-9)16(3,20)11-6-7-13(17)14(18)15(11)19/h4-8,20H,1-3H3. The van der Waals surface area contributed by atoms with Gasteiger partial charge in [-0.05, 0) is 53.9 Å². The van der Waals surface area contributed by atoms with Crippen LogP contribution in [-0.4, -0.2) is 5.11 Å². The first-order chi connectivity index (χ1) is 9.25. The maximum absolute atomic E-state index is 14.4. The Morgan fingerprint density at radius 2 is 1.80 bits per heavy atom. The Kier molecular flexibility index (Phi) is 4.24. The summed E-state index contributed by atoms with van der Waals surface area (Å²) in [5, 5.41) is 10.8. The zero-order valence-corrected chi connectivity index (χ0v) is 13.8. The third-order valence-corrected chi connectivity index (χ3v) is 4.74. The van der Waals surface area contributed by atoms with E-state index in [1.807, 2.05) is 32.0 Å². The molecule has 0 spiro atoms. The Morgan fingerprint density at radius 3 is 2.45 bits per heavy atom. The number of hydrogen-bond acceptors (Lipinski definition) is 1. The summed E-state index contributed by atoms with van der Waals surface area (Å²) >= 11 is 9.09. The van der Waals surface area contributed by atoms with E-state index in [0.29, 0.717) is 10.0 Å². The van der Waals surface area contributed by atoms with Crippen LogP contribution in [0.15, 0.2) is 34.8 Å². The number of aliphatic hydroxyl groups is 1. The van der Waals surface area contributed by atoms with Crippen LogP contribution in [0.25, 0.3) is 0 Å². The number of rotatable bonds is 2. The van der Waals surface area contributed by atoms with E-state index in [2.05, 4.69) is 15.9 Å². The van der Waals surface area contributed by atoms with Crippen LogP contribution in [-0.2, 0) is 5.60 Å². The van der Waals surface area contributed by atoms with Crippen LogP contribution in [0.2, 0.25) is 5.02 Å². The lowest BCUT2D eigenvalue weighted by Crippen LogP contribution is -2.25. The SMILES string of the molecule is Cc1ccc(C)c(C(C)(O)c2ccc(Br)c(Cl)c2F)c1. The quantitative estimate of drug-likeness (QED) is 0.740. The van der Waals surface area contributed by atoms with Crippen molar-refractivity contribution < 1.29 is 9.50 Å². The highest BCUT2D eigenvalue weighted by atomic mass is 79.9.